The van der Waals surface area contributed by atoms with E-state index in [1.165, 1.54) is 6.07 Å². The van der Waals surface area contributed by atoms with E-state index < -0.39 is 0 Å². The van der Waals surface area contributed by atoms with Gasteiger partial charge in [-0.1, -0.05) is 26.0 Å². The molecule has 1 unspecified atom stereocenters. The van der Waals surface area contributed by atoms with E-state index in [0.29, 0.717) is 18.2 Å². The number of anilines is 1. The summed E-state index contributed by atoms with van der Waals surface area (Å²) in [4.78, 5) is 2.00. The van der Waals surface area contributed by atoms with Crippen LogP contribution in [0, 0.1) is 11.7 Å². The highest BCUT2D eigenvalue weighted by Crippen LogP contribution is 2.19. The fourth-order valence-electron chi connectivity index (χ4n) is 2.07. The Hall–Kier alpha value is -1.09. The third-order valence-electron chi connectivity index (χ3n) is 2.80. The van der Waals surface area contributed by atoms with Gasteiger partial charge in [0.1, 0.15) is 5.82 Å². The van der Waals surface area contributed by atoms with E-state index >= 15 is 0 Å². The normalized spacial score (nSPS) is 12.8. The molecular weight excluding hydrogens is 215 g/mol. The molecule has 0 aliphatic heterocycles. The molecule has 0 spiro atoms. The van der Waals surface area contributed by atoms with E-state index in [0.717, 1.165) is 13.0 Å². The van der Waals surface area contributed by atoms with Gasteiger partial charge in [0.25, 0.3) is 0 Å². The van der Waals surface area contributed by atoms with Crippen LogP contribution in [0.1, 0.15) is 27.2 Å². The summed E-state index contributed by atoms with van der Waals surface area (Å²) in [5.74, 6) is 0.399. The Bertz CT molecular complexity index is 339. The first-order chi connectivity index (χ1) is 8.04. The molecule has 0 saturated heterocycles. The van der Waals surface area contributed by atoms with Crippen molar-refractivity contribution >= 4 is 5.69 Å². The second-order valence-corrected chi connectivity index (χ2v) is 4.88. The lowest BCUT2D eigenvalue weighted by Crippen LogP contribution is -2.38. The van der Waals surface area contributed by atoms with Gasteiger partial charge in [-0.3, -0.25) is 0 Å². The minimum Gasteiger partial charge on any atom is -0.368 e. The van der Waals surface area contributed by atoms with Crippen molar-refractivity contribution in [2.45, 2.75) is 33.2 Å². The fraction of sp³-hybridized carbons (Fsp3) is 0.571. The summed E-state index contributed by atoms with van der Waals surface area (Å²) in [7, 11) is 0. The summed E-state index contributed by atoms with van der Waals surface area (Å²) >= 11 is 0. The maximum absolute atomic E-state index is 13.7. The minimum atomic E-state index is -0.175. The predicted octanol–water partition coefficient (Wildman–Crippen LogP) is 3.03. The molecule has 1 atom stereocenters. The van der Waals surface area contributed by atoms with Gasteiger partial charge >= 0.3 is 0 Å². The van der Waals surface area contributed by atoms with Crippen molar-refractivity contribution < 1.29 is 4.39 Å². The van der Waals surface area contributed by atoms with Crippen LogP contribution in [-0.4, -0.2) is 19.1 Å². The van der Waals surface area contributed by atoms with Crippen molar-refractivity contribution in [1.29, 1.82) is 0 Å². The highest BCUT2D eigenvalue weighted by atomic mass is 19.1. The number of hydrogen-bond acceptors (Lipinski definition) is 2. The molecule has 0 aliphatic carbocycles. The summed E-state index contributed by atoms with van der Waals surface area (Å²) < 4.78 is 13.7. The van der Waals surface area contributed by atoms with Crippen LogP contribution in [-0.2, 0) is 0 Å². The number of para-hydroxylation sites is 1. The number of nitrogens with zero attached hydrogens (tertiary/aromatic N) is 1. The van der Waals surface area contributed by atoms with Gasteiger partial charge in [-0.15, -0.1) is 0 Å². The lowest BCUT2D eigenvalue weighted by Gasteiger charge is -2.27. The van der Waals surface area contributed by atoms with Crippen LogP contribution in [0.15, 0.2) is 24.3 Å². The molecule has 0 saturated carbocycles. The maximum atomic E-state index is 13.7. The van der Waals surface area contributed by atoms with Gasteiger partial charge in [0, 0.05) is 19.1 Å². The molecule has 0 amide bonds. The molecule has 0 radical (unpaired) electrons. The molecule has 1 rings (SSSR count). The Labute approximate surface area is 104 Å². The third-order valence-corrected chi connectivity index (χ3v) is 2.80. The summed E-state index contributed by atoms with van der Waals surface area (Å²) in [6, 6.07) is 6.96. The van der Waals surface area contributed by atoms with Gasteiger partial charge < -0.3 is 10.6 Å². The maximum Gasteiger partial charge on any atom is 0.146 e. The van der Waals surface area contributed by atoms with Gasteiger partial charge in [0.05, 0.1) is 5.69 Å². The van der Waals surface area contributed by atoms with Crippen LogP contribution >= 0.6 is 0 Å². The van der Waals surface area contributed by atoms with Crippen molar-refractivity contribution in [3.63, 3.8) is 0 Å². The topological polar surface area (TPSA) is 29.3 Å². The zero-order valence-electron chi connectivity index (χ0n) is 11.0. The number of benzene rings is 1. The van der Waals surface area contributed by atoms with Crippen molar-refractivity contribution in [1.82, 2.24) is 0 Å². The molecule has 1 aromatic rings. The smallest absolute Gasteiger partial charge is 0.146 e. The molecule has 0 fully saturated rings. The summed E-state index contributed by atoms with van der Waals surface area (Å²) in [6.45, 7) is 7.80. The molecule has 3 heteroatoms. The first-order valence-corrected chi connectivity index (χ1v) is 6.29. The number of likely N-dealkylation sites (N-methyl/N-ethyl adjacent to an activating group) is 1. The zero-order valence-corrected chi connectivity index (χ0v) is 11.0. The molecule has 2 nitrogen and oxygen atoms in total. The molecule has 0 aliphatic rings. The largest absolute Gasteiger partial charge is 0.368 e. The average Bonchev–Trinajstić information content (AvgIpc) is 2.26. The summed E-state index contributed by atoms with van der Waals surface area (Å²) in [6.07, 6.45) is 0.963. The second kappa shape index (κ2) is 6.60. The third kappa shape index (κ3) is 4.35. The van der Waals surface area contributed by atoms with Crippen LogP contribution in [0.4, 0.5) is 10.1 Å². The second-order valence-electron chi connectivity index (χ2n) is 4.88. The Morgan fingerprint density at radius 1 is 1.29 bits per heavy atom. The standard InChI is InChI=1S/C14H23FN2/c1-4-17(10-12(16)9-11(2)3)14-8-6-5-7-13(14)15/h5-8,11-12H,4,9-10,16H2,1-3H3. The number of rotatable bonds is 6. The minimum absolute atomic E-state index is 0.0922. The Balaban J connectivity index is 2.69. The number of halogens is 1. The summed E-state index contributed by atoms with van der Waals surface area (Å²) in [5, 5.41) is 0. The summed E-state index contributed by atoms with van der Waals surface area (Å²) in [5.41, 5.74) is 6.72. The average molecular weight is 238 g/mol. The monoisotopic (exact) mass is 238 g/mol. The van der Waals surface area contributed by atoms with Gasteiger partial charge in [-0.25, -0.2) is 4.39 Å². The fourth-order valence-corrected chi connectivity index (χ4v) is 2.07. The predicted molar refractivity (Wildman–Crippen MR) is 71.7 cm³/mol. The van der Waals surface area contributed by atoms with Crippen molar-refractivity contribution in [3.05, 3.63) is 30.1 Å². The molecule has 1 aromatic carbocycles. The quantitative estimate of drug-likeness (QED) is 0.825. The van der Waals surface area contributed by atoms with Crippen molar-refractivity contribution in [2.24, 2.45) is 11.7 Å². The van der Waals surface area contributed by atoms with E-state index in [1.54, 1.807) is 12.1 Å². The van der Waals surface area contributed by atoms with Crippen LogP contribution in [0.3, 0.4) is 0 Å². The first kappa shape index (κ1) is 14.0. The lowest BCUT2D eigenvalue weighted by atomic mass is 10.0. The van der Waals surface area contributed by atoms with E-state index in [2.05, 4.69) is 13.8 Å². The SMILES string of the molecule is CCN(CC(N)CC(C)C)c1ccccc1F. The Kier molecular flexibility index (Phi) is 5.42. The molecule has 17 heavy (non-hydrogen) atoms. The highest BCUT2D eigenvalue weighted by molar-refractivity contribution is 5.47. The van der Waals surface area contributed by atoms with Crippen LogP contribution < -0.4 is 10.6 Å². The van der Waals surface area contributed by atoms with Gasteiger partial charge in [0.15, 0.2) is 0 Å². The Morgan fingerprint density at radius 2 is 1.94 bits per heavy atom. The molecule has 2 N–H and O–H groups in total. The van der Waals surface area contributed by atoms with E-state index in [-0.39, 0.29) is 11.9 Å². The highest BCUT2D eigenvalue weighted by Gasteiger charge is 2.13. The van der Waals surface area contributed by atoms with Gasteiger partial charge in [-0.2, -0.15) is 0 Å². The van der Waals surface area contributed by atoms with E-state index in [4.69, 9.17) is 5.73 Å². The molecule has 0 bridgehead atoms. The van der Waals surface area contributed by atoms with Crippen LogP contribution in [0.25, 0.3) is 0 Å². The van der Waals surface area contributed by atoms with E-state index in [9.17, 15) is 4.39 Å². The van der Waals surface area contributed by atoms with Crippen molar-refractivity contribution in [3.8, 4) is 0 Å². The number of hydrogen-bond donors (Lipinski definition) is 1. The van der Waals surface area contributed by atoms with Gasteiger partial charge in [0.2, 0.25) is 0 Å². The molecule has 0 aromatic heterocycles. The van der Waals surface area contributed by atoms with Gasteiger partial charge in [-0.05, 0) is 31.4 Å². The molecule has 96 valence electrons. The van der Waals surface area contributed by atoms with Crippen LogP contribution in [0.5, 0.6) is 0 Å². The van der Waals surface area contributed by atoms with E-state index in [1.807, 2.05) is 17.9 Å². The molecule has 0 heterocycles. The first-order valence-electron chi connectivity index (χ1n) is 6.29. The molecular formula is C14H23FN2. The lowest BCUT2D eigenvalue weighted by molar-refractivity contribution is 0.488. The number of nitrogens with two attached hydrogens (primary N) is 1. The zero-order chi connectivity index (χ0) is 12.8. The van der Waals surface area contributed by atoms with Crippen molar-refractivity contribution in [2.75, 3.05) is 18.0 Å². The Morgan fingerprint density at radius 3 is 2.47 bits per heavy atom. The van der Waals surface area contributed by atoms with Crippen LogP contribution in [0.2, 0.25) is 0 Å².